The Hall–Kier alpha value is -2.58. The molecule has 0 saturated heterocycles. The van der Waals surface area contributed by atoms with Crippen molar-refractivity contribution in [1.82, 2.24) is 10.0 Å². The van der Waals surface area contributed by atoms with Crippen molar-refractivity contribution in [1.29, 1.82) is 0 Å². The van der Waals surface area contributed by atoms with Gasteiger partial charge in [0.05, 0.1) is 14.2 Å². The van der Waals surface area contributed by atoms with Crippen molar-refractivity contribution in [3.05, 3.63) is 53.6 Å². The Balaban J connectivity index is 1.74. The van der Waals surface area contributed by atoms with Gasteiger partial charge in [0, 0.05) is 18.2 Å². The number of hydrogen-bond donors (Lipinski definition) is 2. The van der Waals surface area contributed by atoms with Crippen LogP contribution in [-0.2, 0) is 16.6 Å². The summed E-state index contributed by atoms with van der Waals surface area (Å²) in [7, 11) is -0.754. The van der Waals surface area contributed by atoms with E-state index < -0.39 is 10.0 Å². The van der Waals surface area contributed by atoms with E-state index in [1.54, 1.807) is 13.2 Å². The zero-order chi connectivity index (χ0) is 19.4. The lowest BCUT2D eigenvalue weighted by Crippen LogP contribution is -2.27. The van der Waals surface area contributed by atoms with Gasteiger partial charge in [-0.25, -0.2) is 13.1 Å². The molecule has 1 fully saturated rings. The Morgan fingerprint density at radius 3 is 2.37 bits per heavy atom. The van der Waals surface area contributed by atoms with Crippen LogP contribution in [0.15, 0.2) is 47.4 Å². The normalized spacial score (nSPS) is 13.9. The van der Waals surface area contributed by atoms with Crippen molar-refractivity contribution in [3.63, 3.8) is 0 Å². The van der Waals surface area contributed by atoms with Gasteiger partial charge in [-0.3, -0.25) is 4.79 Å². The molecule has 0 radical (unpaired) electrons. The number of nitrogens with one attached hydrogen (secondary N) is 2. The Morgan fingerprint density at radius 1 is 1.07 bits per heavy atom. The summed E-state index contributed by atoms with van der Waals surface area (Å²) in [6.07, 6.45) is 1.65. The van der Waals surface area contributed by atoms with Crippen LogP contribution in [0.3, 0.4) is 0 Å². The Bertz CT molecular complexity index is 922. The molecule has 2 aromatic carbocycles. The lowest BCUT2D eigenvalue weighted by atomic mass is 10.2. The molecule has 8 heteroatoms. The third-order valence-electron chi connectivity index (χ3n) is 4.23. The van der Waals surface area contributed by atoms with E-state index in [0.29, 0.717) is 6.54 Å². The van der Waals surface area contributed by atoms with Gasteiger partial charge in [-0.2, -0.15) is 0 Å². The highest BCUT2D eigenvalue weighted by Crippen LogP contribution is 2.28. The summed E-state index contributed by atoms with van der Waals surface area (Å²) in [6, 6.07) is 11.7. The van der Waals surface area contributed by atoms with E-state index in [1.807, 2.05) is 24.3 Å². The topological polar surface area (TPSA) is 93.7 Å². The number of sulfonamides is 1. The van der Waals surface area contributed by atoms with Crippen molar-refractivity contribution in [2.24, 2.45) is 0 Å². The second-order valence-corrected chi connectivity index (χ2v) is 7.97. The molecule has 0 bridgehead atoms. The van der Waals surface area contributed by atoms with Crippen molar-refractivity contribution < 1.29 is 22.7 Å². The number of carbonyl (C=O) groups excluding carboxylic acids is 1. The average Bonchev–Trinajstić information content (AvgIpc) is 3.49. The predicted octanol–water partition coefficient (Wildman–Crippen LogP) is 2.07. The number of rotatable bonds is 8. The third-order valence-corrected chi connectivity index (χ3v) is 5.77. The maximum atomic E-state index is 12.5. The molecule has 0 aromatic heterocycles. The van der Waals surface area contributed by atoms with Crippen LogP contribution >= 0.6 is 0 Å². The van der Waals surface area contributed by atoms with E-state index in [9.17, 15) is 13.2 Å². The number of hydrogen-bond acceptors (Lipinski definition) is 5. The van der Waals surface area contributed by atoms with E-state index >= 15 is 0 Å². The molecule has 0 atom stereocenters. The van der Waals surface area contributed by atoms with Crippen LogP contribution in [0.5, 0.6) is 11.5 Å². The number of methoxy groups -OCH3 is 2. The SMILES string of the molecule is COc1ccc(CNC(=O)c2ccc(OC)c(S(=O)(=O)NC3CC3)c2)cc1. The average molecular weight is 390 g/mol. The summed E-state index contributed by atoms with van der Waals surface area (Å²) >= 11 is 0. The first kappa shape index (κ1) is 19.2. The third kappa shape index (κ3) is 4.78. The molecule has 0 spiro atoms. The van der Waals surface area contributed by atoms with E-state index in [0.717, 1.165) is 24.2 Å². The molecule has 27 heavy (non-hydrogen) atoms. The van der Waals surface area contributed by atoms with Gasteiger partial charge in [-0.1, -0.05) is 12.1 Å². The fourth-order valence-electron chi connectivity index (χ4n) is 2.54. The van der Waals surface area contributed by atoms with E-state index in [1.165, 1.54) is 19.2 Å². The van der Waals surface area contributed by atoms with Crippen LogP contribution in [0.4, 0.5) is 0 Å². The second-order valence-electron chi connectivity index (χ2n) is 6.29. The van der Waals surface area contributed by atoms with Gasteiger partial charge in [0.25, 0.3) is 5.91 Å². The van der Waals surface area contributed by atoms with Gasteiger partial charge in [-0.15, -0.1) is 0 Å². The quantitative estimate of drug-likeness (QED) is 0.720. The molecule has 3 rings (SSSR count). The number of ether oxygens (including phenoxy) is 2. The van der Waals surface area contributed by atoms with Crippen LogP contribution in [0.2, 0.25) is 0 Å². The minimum absolute atomic E-state index is 0.0333. The molecule has 2 N–H and O–H groups in total. The molecular formula is C19H22N2O5S. The summed E-state index contributed by atoms with van der Waals surface area (Å²) in [6.45, 7) is 0.317. The fraction of sp³-hybridized carbons (Fsp3) is 0.316. The van der Waals surface area contributed by atoms with E-state index in [4.69, 9.17) is 9.47 Å². The Kier molecular flexibility index (Phi) is 5.67. The molecule has 1 amide bonds. The minimum atomic E-state index is -3.74. The first-order valence-corrected chi connectivity index (χ1v) is 10.0. The van der Waals surface area contributed by atoms with Crippen molar-refractivity contribution in [3.8, 4) is 11.5 Å². The molecule has 0 unspecified atom stereocenters. The molecule has 2 aromatic rings. The Morgan fingerprint density at radius 2 is 1.78 bits per heavy atom. The number of carbonyl (C=O) groups is 1. The first-order valence-electron chi connectivity index (χ1n) is 8.54. The molecular weight excluding hydrogens is 368 g/mol. The summed E-state index contributed by atoms with van der Waals surface area (Å²) < 4.78 is 37.9. The molecule has 7 nitrogen and oxygen atoms in total. The maximum absolute atomic E-state index is 12.5. The van der Waals surface area contributed by atoms with E-state index in [-0.39, 0.29) is 28.2 Å². The Labute approximate surface area is 158 Å². The van der Waals surface area contributed by atoms with Crippen LogP contribution < -0.4 is 19.5 Å². The van der Waals surface area contributed by atoms with Crippen molar-refractivity contribution >= 4 is 15.9 Å². The first-order chi connectivity index (χ1) is 12.9. The highest BCUT2D eigenvalue weighted by atomic mass is 32.2. The van der Waals surface area contributed by atoms with Gasteiger partial charge in [0.15, 0.2) is 0 Å². The second kappa shape index (κ2) is 7.98. The zero-order valence-electron chi connectivity index (χ0n) is 15.2. The lowest BCUT2D eigenvalue weighted by Gasteiger charge is -2.12. The van der Waals surface area contributed by atoms with Gasteiger partial charge in [0.2, 0.25) is 10.0 Å². The smallest absolute Gasteiger partial charge is 0.251 e. The summed E-state index contributed by atoms with van der Waals surface area (Å²) in [5.41, 5.74) is 1.15. The van der Waals surface area contributed by atoms with Crippen LogP contribution in [0.25, 0.3) is 0 Å². The maximum Gasteiger partial charge on any atom is 0.251 e. The van der Waals surface area contributed by atoms with Gasteiger partial charge in [0.1, 0.15) is 16.4 Å². The standard InChI is InChI=1S/C19H22N2O5S/c1-25-16-8-3-13(4-9-16)12-20-19(22)14-5-10-17(26-2)18(11-14)27(23,24)21-15-6-7-15/h3-5,8-11,15,21H,6-7,12H2,1-2H3,(H,20,22). The molecule has 0 aliphatic heterocycles. The van der Waals surface area contributed by atoms with Gasteiger partial charge < -0.3 is 14.8 Å². The summed E-state index contributed by atoms with van der Waals surface area (Å²) in [5, 5.41) is 2.79. The molecule has 144 valence electrons. The number of benzene rings is 2. The molecule has 1 saturated carbocycles. The fourth-order valence-corrected chi connectivity index (χ4v) is 4.04. The zero-order valence-corrected chi connectivity index (χ0v) is 16.0. The monoisotopic (exact) mass is 390 g/mol. The summed E-state index contributed by atoms with van der Waals surface area (Å²) in [4.78, 5) is 12.4. The molecule has 0 heterocycles. The van der Waals surface area contributed by atoms with Crippen LogP contribution in [0, 0.1) is 0 Å². The van der Waals surface area contributed by atoms with Crippen LogP contribution in [0.1, 0.15) is 28.8 Å². The highest BCUT2D eigenvalue weighted by Gasteiger charge is 2.30. The van der Waals surface area contributed by atoms with Crippen LogP contribution in [-0.4, -0.2) is 34.6 Å². The molecule has 1 aliphatic rings. The molecule has 1 aliphatic carbocycles. The van der Waals surface area contributed by atoms with Crippen molar-refractivity contribution in [2.45, 2.75) is 30.3 Å². The minimum Gasteiger partial charge on any atom is -0.497 e. The van der Waals surface area contributed by atoms with Gasteiger partial charge in [-0.05, 0) is 48.7 Å². The largest absolute Gasteiger partial charge is 0.497 e. The highest BCUT2D eigenvalue weighted by molar-refractivity contribution is 7.89. The van der Waals surface area contributed by atoms with E-state index in [2.05, 4.69) is 10.0 Å². The number of amides is 1. The lowest BCUT2D eigenvalue weighted by molar-refractivity contribution is 0.0950. The predicted molar refractivity (Wildman–Crippen MR) is 101 cm³/mol. The van der Waals surface area contributed by atoms with Crippen molar-refractivity contribution in [2.75, 3.05) is 14.2 Å². The summed E-state index contributed by atoms with van der Waals surface area (Å²) in [5.74, 6) is 0.574. The van der Waals surface area contributed by atoms with Gasteiger partial charge >= 0.3 is 0 Å².